The molecule has 3 heterocycles. The molecule has 29 heavy (non-hydrogen) atoms. The van der Waals surface area contributed by atoms with E-state index in [0.717, 1.165) is 47.7 Å². The Labute approximate surface area is 172 Å². The third-order valence-electron chi connectivity index (χ3n) is 5.54. The number of pyridine rings is 2. The van der Waals surface area contributed by atoms with Gasteiger partial charge < -0.3 is 10.2 Å². The lowest BCUT2D eigenvalue weighted by molar-refractivity contribution is 0.695. The van der Waals surface area contributed by atoms with E-state index in [4.69, 9.17) is 4.98 Å². The highest BCUT2D eigenvalue weighted by Gasteiger charge is 2.15. The van der Waals surface area contributed by atoms with E-state index in [-0.39, 0.29) is 6.04 Å². The molecule has 1 saturated heterocycles. The van der Waals surface area contributed by atoms with Gasteiger partial charge in [-0.05, 0) is 49.2 Å². The Hall–Kier alpha value is -3.18. The number of allylic oxidation sites excluding steroid dienone is 2. The normalized spacial score (nSPS) is 15.9. The Morgan fingerprint density at radius 2 is 2.03 bits per heavy atom. The van der Waals surface area contributed by atoms with Crippen LogP contribution in [0.5, 0.6) is 0 Å². The Balaban J connectivity index is 1.57. The summed E-state index contributed by atoms with van der Waals surface area (Å²) in [6.45, 7) is 11.2. The third-order valence-corrected chi connectivity index (χ3v) is 5.54. The lowest BCUT2D eigenvalue weighted by Gasteiger charge is -2.21. The molecule has 5 heteroatoms. The second kappa shape index (κ2) is 8.45. The van der Waals surface area contributed by atoms with Crippen LogP contribution in [0.4, 0.5) is 5.69 Å². The molecule has 1 atom stereocenters. The molecule has 2 N–H and O–H groups in total. The van der Waals surface area contributed by atoms with Crippen LogP contribution in [0, 0.1) is 0 Å². The molecule has 0 aliphatic carbocycles. The molecule has 0 radical (unpaired) electrons. The zero-order valence-electron chi connectivity index (χ0n) is 17.0. The fourth-order valence-electron chi connectivity index (χ4n) is 3.72. The van der Waals surface area contributed by atoms with Gasteiger partial charge in [-0.25, -0.2) is 0 Å². The van der Waals surface area contributed by atoms with Gasteiger partial charge in [-0.3, -0.25) is 15.3 Å². The summed E-state index contributed by atoms with van der Waals surface area (Å²) in [7, 11) is 0. The molecular formula is C24H27N5. The van der Waals surface area contributed by atoms with Gasteiger partial charge in [0.15, 0.2) is 0 Å². The van der Waals surface area contributed by atoms with Gasteiger partial charge in [0.05, 0.1) is 35.8 Å². The molecule has 0 saturated carbocycles. The maximum Gasteiger partial charge on any atom is 0.0864 e. The Morgan fingerprint density at radius 3 is 2.76 bits per heavy atom. The predicted octanol–water partition coefficient (Wildman–Crippen LogP) is 4.26. The summed E-state index contributed by atoms with van der Waals surface area (Å²) in [6.07, 6.45) is 5.72. The standard InChI is InChI=1S/C24H27N5/c1-4-22(24-10-9-19(15-27-24)29-14-13-25-16-29)28-18(3)17(2)20-11-12-26-23-8-6-5-7-21(20)23/h4-12,15,22,25,28H,1,13-14,16H2,2-3H3/b18-17+. The summed E-state index contributed by atoms with van der Waals surface area (Å²) in [6, 6.07) is 14.5. The molecule has 1 unspecified atom stereocenters. The summed E-state index contributed by atoms with van der Waals surface area (Å²) in [5.74, 6) is 0. The van der Waals surface area contributed by atoms with Crippen molar-refractivity contribution in [2.24, 2.45) is 0 Å². The lowest BCUT2D eigenvalue weighted by atomic mass is 10.0. The van der Waals surface area contributed by atoms with Crippen molar-refractivity contribution in [1.82, 2.24) is 20.6 Å². The fraction of sp³-hybridized carbons (Fsp3) is 0.250. The van der Waals surface area contributed by atoms with Crippen molar-refractivity contribution < 1.29 is 0 Å². The van der Waals surface area contributed by atoms with Crippen LogP contribution < -0.4 is 15.5 Å². The minimum Gasteiger partial charge on any atom is -0.377 e. The molecule has 0 spiro atoms. The van der Waals surface area contributed by atoms with E-state index in [1.807, 2.05) is 30.6 Å². The first-order valence-electron chi connectivity index (χ1n) is 9.99. The molecule has 148 valence electrons. The van der Waals surface area contributed by atoms with Gasteiger partial charge >= 0.3 is 0 Å². The van der Waals surface area contributed by atoms with Gasteiger partial charge in [0.1, 0.15) is 0 Å². The van der Waals surface area contributed by atoms with E-state index in [1.54, 1.807) is 0 Å². The van der Waals surface area contributed by atoms with Crippen LogP contribution in [0.15, 0.2) is 73.2 Å². The number of nitrogens with zero attached hydrogens (tertiary/aromatic N) is 3. The first-order chi connectivity index (χ1) is 14.2. The number of hydrogen-bond donors (Lipinski definition) is 2. The van der Waals surface area contributed by atoms with Crippen LogP contribution in [0.1, 0.15) is 31.1 Å². The van der Waals surface area contributed by atoms with Crippen molar-refractivity contribution in [1.29, 1.82) is 0 Å². The maximum absolute atomic E-state index is 4.69. The molecule has 1 aliphatic heterocycles. The first kappa shape index (κ1) is 19.2. The number of nitrogens with one attached hydrogen (secondary N) is 2. The van der Waals surface area contributed by atoms with Crippen molar-refractivity contribution in [2.75, 3.05) is 24.7 Å². The van der Waals surface area contributed by atoms with Crippen LogP contribution in [-0.2, 0) is 0 Å². The number of rotatable bonds is 6. The van der Waals surface area contributed by atoms with Gasteiger partial charge in [-0.15, -0.1) is 6.58 Å². The molecule has 1 fully saturated rings. The maximum atomic E-state index is 4.69. The molecule has 0 bridgehead atoms. The molecular weight excluding hydrogens is 358 g/mol. The highest BCUT2D eigenvalue weighted by molar-refractivity contribution is 5.91. The zero-order chi connectivity index (χ0) is 20.2. The Kier molecular flexibility index (Phi) is 5.58. The number of aromatic nitrogens is 2. The van der Waals surface area contributed by atoms with Gasteiger partial charge in [0.2, 0.25) is 0 Å². The highest BCUT2D eigenvalue weighted by Crippen LogP contribution is 2.26. The minimum absolute atomic E-state index is 0.0520. The number of benzene rings is 1. The van der Waals surface area contributed by atoms with Crippen LogP contribution >= 0.6 is 0 Å². The van der Waals surface area contributed by atoms with Gasteiger partial charge in [0, 0.05) is 30.4 Å². The monoisotopic (exact) mass is 385 g/mol. The topological polar surface area (TPSA) is 53.1 Å². The van der Waals surface area contributed by atoms with Crippen molar-refractivity contribution in [3.63, 3.8) is 0 Å². The van der Waals surface area contributed by atoms with Crippen molar-refractivity contribution in [3.8, 4) is 0 Å². The average Bonchev–Trinajstić information content (AvgIpc) is 3.31. The second-order valence-corrected chi connectivity index (χ2v) is 7.35. The summed E-state index contributed by atoms with van der Waals surface area (Å²) >= 11 is 0. The number of fused-ring (bicyclic) bond motifs is 1. The lowest BCUT2D eigenvalue weighted by Crippen LogP contribution is -2.22. The van der Waals surface area contributed by atoms with Gasteiger partial charge in [0.25, 0.3) is 0 Å². The van der Waals surface area contributed by atoms with E-state index in [2.05, 4.69) is 71.3 Å². The van der Waals surface area contributed by atoms with E-state index >= 15 is 0 Å². The molecule has 3 aromatic rings. The third kappa shape index (κ3) is 4.00. The summed E-state index contributed by atoms with van der Waals surface area (Å²) < 4.78 is 0. The highest BCUT2D eigenvalue weighted by atomic mass is 15.3. The Morgan fingerprint density at radius 1 is 1.17 bits per heavy atom. The van der Waals surface area contributed by atoms with Crippen molar-refractivity contribution in [2.45, 2.75) is 19.9 Å². The predicted molar refractivity (Wildman–Crippen MR) is 121 cm³/mol. The van der Waals surface area contributed by atoms with Crippen LogP contribution in [-0.4, -0.2) is 29.7 Å². The van der Waals surface area contributed by atoms with Gasteiger partial charge in [-0.2, -0.15) is 0 Å². The second-order valence-electron chi connectivity index (χ2n) is 7.35. The van der Waals surface area contributed by atoms with Crippen LogP contribution in [0.3, 0.4) is 0 Å². The number of hydrogen-bond acceptors (Lipinski definition) is 5. The van der Waals surface area contributed by atoms with Crippen LogP contribution in [0.25, 0.3) is 16.5 Å². The molecule has 2 aromatic heterocycles. The molecule has 1 aromatic carbocycles. The molecule has 4 rings (SSSR count). The molecule has 1 aliphatic rings. The van der Waals surface area contributed by atoms with Crippen molar-refractivity contribution in [3.05, 3.63) is 84.5 Å². The van der Waals surface area contributed by atoms with Crippen LogP contribution in [0.2, 0.25) is 0 Å². The summed E-state index contributed by atoms with van der Waals surface area (Å²) in [5.41, 5.74) is 6.59. The Bertz CT molecular complexity index is 1030. The van der Waals surface area contributed by atoms with E-state index in [1.165, 1.54) is 11.1 Å². The number of anilines is 1. The quantitative estimate of drug-likeness (QED) is 0.621. The summed E-state index contributed by atoms with van der Waals surface area (Å²) in [5, 5.41) is 8.09. The van der Waals surface area contributed by atoms with E-state index < -0.39 is 0 Å². The largest absolute Gasteiger partial charge is 0.377 e. The minimum atomic E-state index is -0.0520. The molecule has 5 nitrogen and oxygen atoms in total. The SMILES string of the molecule is C=CC(N/C(C)=C(\C)c1ccnc2ccccc12)c1ccc(N2CCNC2)cn1. The van der Waals surface area contributed by atoms with E-state index in [0.29, 0.717) is 0 Å². The average molecular weight is 386 g/mol. The van der Waals surface area contributed by atoms with E-state index in [9.17, 15) is 0 Å². The first-order valence-corrected chi connectivity index (χ1v) is 9.99. The molecule has 0 amide bonds. The zero-order valence-corrected chi connectivity index (χ0v) is 17.0. The van der Waals surface area contributed by atoms with Crippen molar-refractivity contribution >= 4 is 22.2 Å². The fourth-order valence-corrected chi connectivity index (χ4v) is 3.72. The summed E-state index contributed by atoms with van der Waals surface area (Å²) in [4.78, 5) is 11.5. The van der Waals surface area contributed by atoms with Gasteiger partial charge in [-0.1, -0.05) is 24.3 Å². The number of para-hydroxylation sites is 1. The smallest absolute Gasteiger partial charge is 0.0864 e.